The Morgan fingerprint density at radius 2 is 1.67 bits per heavy atom. The zero-order valence-corrected chi connectivity index (χ0v) is 21.8. The van der Waals surface area contributed by atoms with E-state index in [4.69, 9.17) is 5.73 Å². The summed E-state index contributed by atoms with van der Waals surface area (Å²) < 4.78 is 0. The van der Waals surface area contributed by atoms with Crippen LogP contribution in [0.15, 0.2) is 18.2 Å². The predicted molar refractivity (Wildman–Crippen MR) is 141 cm³/mol. The molecular weight excluding hydrogens is 454 g/mol. The number of amides is 3. The molecule has 2 saturated carbocycles. The van der Waals surface area contributed by atoms with Crippen molar-refractivity contribution in [3.63, 3.8) is 0 Å². The SMILES string of the molecule is CC(=O)N1CCN(Cc2ccc(C(=O)NC3CCCCC3N)cc2NC(=O)CCC2CCCC2)CC1. The lowest BCUT2D eigenvalue weighted by Gasteiger charge is -2.34. The van der Waals surface area contributed by atoms with Crippen LogP contribution in [0.5, 0.6) is 0 Å². The molecule has 0 bridgehead atoms. The molecule has 0 aromatic heterocycles. The second kappa shape index (κ2) is 12.7. The van der Waals surface area contributed by atoms with Crippen LogP contribution in [0.1, 0.15) is 87.1 Å². The lowest BCUT2D eigenvalue weighted by molar-refractivity contribution is -0.130. The second-order valence-electron chi connectivity index (χ2n) is 10.9. The fraction of sp³-hybridized carbons (Fsp3) is 0.679. The van der Waals surface area contributed by atoms with E-state index in [-0.39, 0.29) is 29.8 Å². The van der Waals surface area contributed by atoms with Crippen LogP contribution in [0.2, 0.25) is 0 Å². The highest BCUT2D eigenvalue weighted by Gasteiger charge is 2.25. The van der Waals surface area contributed by atoms with Crippen LogP contribution < -0.4 is 16.4 Å². The number of piperazine rings is 1. The van der Waals surface area contributed by atoms with Gasteiger partial charge in [-0.3, -0.25) is 19.3 Å². The van der Waals surface area contributed by atoms with Gasteiger partial charge in [-0.05, 0) is 42.9 Å². The van der Waals surface area contributed by atoms with Gasteiger partial charge in [0.05, 0.1) is 0 Å². The first-order valence-corrected chi connectivity index (χ1v) is 13.9. The van der Waals surface area contributed by atoms with Crippen molar-refractivity contribution >= 4 is 23.4 Å². The number of hydrogen-bond donors (Lipinski definition) is 3. The Bertz CT molecular complexity index is 922. The monoisotopic (exact) mass is 497 g/mol. The van der Waals surface area contributed by atoms with Gasteiger partial charge >= 0.3 is 0 Å². The highest BCUT2D eigenvalue weighted by molar-refractivity contribution is 5.98. The minimum atomic E-state index is -0.138. The number of rotatable bonds is 8. The Balaban J connectivity index is 1.44. The molecule has 8 heteroatoms. The third-order valence-corrected chi connectivity index (χ3v) is 8.25. The first kappa shape index (κ1) is 26.6. The van der Waals surface area contributed by atoms with E-state index in [1.54, 1.807) is 6.92 Å². The van der Waals surface area contributed by atoms with E-state index in [0.717, 1.165) is 50.8 Å². The highest BCUT2D eigenvalue weighted by Crippen LogP contribution is 2.29. The van der Waals surface area contributed by atoms with Gasteiger partial charge in [0.15, 0.2) is 0 Å². The lowest BCUT2D eigenvalue weighted by atomic mass is 9.91. The third-order valence-electron chi connectivity index (χ3n) is 8.25. The van der Waals surface area contributed by atoms with Gasteiger partial charge in [0, 0.05) is 69.4 Å². The number of carbonyl (C=O) groups is 3. The average molecular weight is 498 g/mol. The molecule has 2 aliphatic carbocycles. The highest BCUT2D eigenvalue weighted by atomic mass is 16.2. The van der Waals surface area contributed by atoms with Gasteiger partial charge in [-0.2, -0.15) is 0 Å². The predicted octanol–water partition coefficient (Wildman–Crippen LogP) is 3.26. The van der Waals surface area contributed by atoms with Crippen LogP contribution in [0.3, 0.4) is 0 Å². The van der Waals surface area contributed by atoms with E-state index < -0.39 is 0 Å². The molecule has 2 unspecified atom stereocenters. The van der Waals surface area contributed by atoms with Crippen molar-refractivity contribution in [2.75, 3.05) is 31.5 Å². The summed E-state index contributed by atoms with van der Waals surface area (Å²) in [5, 5.41) is 6.24. The van der Waals surface area contributed by atoms with Gasteiger partial charge in [0.25, 0.3) is 5.91 Å². The first-order chi connectivity index (χ1) is 17.4. The van der Waals surface area contributed by atoms with E-state index in [1.807, 2.05) is 23.1 Å². The van der Waals surface area contributed by atoms with Crippen molar-refractivity contribution in [1.82, 2.24) is 15.1 Å². The first-order valence-electron chi connectivity index (χ1n) is 13.9. The summed E-state index contributed by atoms with van der Waals surface area (Å²) in [5.74, 6) is 0.638. The van der Waals surface area contributed by atoms with Crippen LogP contribution in [0, 0.1) is 5.92 Å². The molecule has 3 aliphatic rings. The molecule has 1 aromatic rings. The van der Waals surface area contributed by atoms with Gasteiger partial charge in [-0.1, -0.05) is 44.6 Å². The lowest BCUT2D eigenvalue weighted by Crippen LogP contribution is -2.49. The summed E-state index contributed by atoms with van der Waals surface area (Å²) in [6, 6.07) is 5.61. The van der Waals surface area contributed by atoms with Crippen molar-refractivity contribution in [2.45, 2.75) is 89.8 Å². The maximum Gasteiger partial charge on any atom is 0.251 e. The minimum Gasteiger partial charge on any atom is -0.348 e. The van der Waals surface area contributed by atoms with E-state index >= 15 is 0 Å². The molecule has 8 nitrogen and oxygen atoms in total. The number of nitrogens with one attached hydrogen (secondary N) is 2. The van der Waals surface area contributed by atoms with Crippen molar-refractivity contribution in [1.29, 1.82) is 0 Å². The summed E-state index contributed by atoms with van der Waals surface area (Å²) >= 11 is 0. The standard InChI is InChI=1S/C28H43N5O3/c1-20(34)33-16-14-32(15-17-33)19-23-12-11-22(28(36)31-25-9-5-4-8-24(25)29)18-26(23)30-27(35)13-10-21-6-2-3-7-21/h11-12,18,21,24-25H,2-10,13-17,19,29H2,1H3,(H,30,35)(H,31,36). The quantitative estimate of drug-likeness (QED) is 0.511. The van der Waals surface area contributed by atoms with Crippen LogP contribution in [0.25, 0.3) is 0 Å². The molecule has 1 aromatic carbocycles. The van der Waals surface area contributed by atoms with Crippen LogP contribution in [-0.2, 0) is 16.1 Å². The zero-order chi connectivity index (χ0) is 25.5. The van der Waals surface area contributed by atoms with Gasteiger partial charge in [0.1, 0.15) is 0 Å². The van der Waals surface area contributed by atoms with Crippen LogP contribution in [-0.4, -0.2) is 65.8 Å². The molecule has 4 rings (SSSR count). The normalized spacial score (nSPS) is 23.4. The van der Waals surface area contributed by atoms with Gasteiger partial charge in [0.2, 0.25) is 11.8 Å². The van der Waals surface area contributed by atoms with Crippen molar-refractivity contribution in [3.8, 4) is 0 Å². The Hall–Kier alpha value is -2.45. The van der Waals surface area contributed by atoms with Gasteiger partial charge in [-0.25, -0.2) is 0 Å². The Kier molecular flexibility index (Phi) is 9.37. The van der Waals surface area contributed by atoms with Gasteiger partial charge < -0.3 is 21.3 Å². The molecule has 0 radical (unpaired) electrons. The second-order valence-corrected chi connectivity index (χ2v) is 10.9. The van der Waals surface area contributed by atoms with Crippen molar-refractivity contribution in [3.05, 3.63) is 29.3 Å². The topological polar surface area (TPSA) is 108 Å². The molecule has 3 amide bonds. The summed E-state index contributed by atoms with van der Waals surface area (Å²) in [5.41, 5.74) is 8.49. The molecule has 0 spiro atoms. The maximum absolute atomic E-state index is 13.1. The number of nitrogens with two attached hydrogens (primary N) is 1. The van der Waals surface area contributed by atoms with E-state index in [9.17, 15) is 14.4 Å². The molecule has 1 aliphatic heterocycles. The maximum atomic E-state index is 13.1. The van der Waals surface area contributed by atoms with Gasteiger partial charge in [-0.15, -0.1) is 0 Å². The van der Waals surface area contributed by atoms with Crippen LogP contribution in [0.4, 0.5) is 5.69 Å². The molecule has 1 saturated heterocycles. The third kappa shape index (κ3) is 7.29. The number of anilines is 1. The number of benzene rings is 1. The van der Waals surface area contributed by atoms with Crippen molar-refractivity contribution < 1.29 is 14.4 Å². The number of nitrogens with zero attached hydrogens (tertiary/aromatic N) is 2. The Morgan fingerprint density at radius 1 is 0.972 bits per heavy atom. The average Bonchev–Trinajstić information content (AvgIpc) is 3.39. The molecule has 3 fully saturated rings. The molecule has 198 valence electrons. The fourth-order valence-corrected chi connectivity index (χ4v) is 5.87. The molecule has 2 atom stereocenters. The summed E-state index contributed by atoms with van der Waals surface area (Å²) in [4.78, 5) is 41.8. The molecule has 1 heterocycles. The van der Waals surface area contributed by atoms with Crippen molar-refractivity contribution in [2.24, 2.45) is 11.7 Å². The number of carbonyl (C=O) groups excluding carboxylic acids is 3. The van der Waals surface area contributed by atoms with Crippen LogP contribution >= 0.6 is 0 Å². The zero-order valence-electron chi connectivity index (χ0n) is 21.8. The minimum absolute atomic E-state index is 0.00653. The summed E-state index contributed by atoms with van der Waals surface area (Å²) in [6.07, 6.45) is 10.5. The Labute approximate surface area is 215 Å². The smallest absolute Gasteiger partial charge is 0.251 e. The molecular formula is C28H43N5O3. The summed E-state index contributed by atoms with van der Waals surface area (Å²) in [7, 11) is 0. The largest absolute Gasteiger partial charge is 0.348 e. The Morgan fingerprint density at radius 3 is 2.36 bits per heavy atom. The fourth-order valence-electron chi connectivity index (χ4n) is 5.87. The summed E-state index contributed by atoms with van der Waals surface area (Å²) in [6.45, 7) is 5.27. The molecule has 36 heavy (non-hydrogen) atoms. The van der Waals surface area contributed by atoms with E-state index in [1.165, 1.54) is 25.7 Å². The van der Waals surface area contributed by atoms with E-state index in [2.05, 4.69) is 15.5 Å². The number of hydrogen-bond acceptors (Lipinski definition) is 5. The van der Waals surface area contributed by atoms with E-state index in [0.29, 0.717) is 43.2 Å². The molecule has 4 N–H and O–H groups in total.